The number of benzene rings is 5. The molecule has 5 aromatic carbocycles. The molecule has 4 aliphatic heterocycles. The number of Topliss-reactive ketones (excluding diaryl/α,β-unsaturated/α-hetero) is 1. The van der Waals surface area contributed by atoms with Crippen LogP contribution in [0.25, 0.3) is 65.4 Å². The summed E-state index contributed by atoms with van der Waals surface area (Å²) >= 11 is 1.17. The van der Waals surface area contributed by atoms with Gasteiger partial charge >= 0.3 is 0 Å². The molecule has 0 bridgehead atoms. The second-order valence-corrected chi connectivity index (χ2v) is 31.1. The molecule has 0 aliphatic carbocycles. The van der Waals surface area contributed by atoms with E-state index in [1.54, 1.807) is 63.8 Å². The van der Waals surface area contributed by atoms with E-state index in [0.717, 1.165) is 90.7 Å². The number of phenolic OH excluding ortho intramolecular Hbond substituents is 4. The molecule has 5 aromatic heterocycles. The molecule has 28 nitrogen and oxygen atoms in total. The molecule has 0 unspecified atom stereocenters. The van der Waals surface area contributed by atoms with Crippen LogP contribution < -0.4 is 31.8 Å². The van der Waals surface area contributed by atoms with E-state index in [1.807, 2.05) is 7.05 Å². The molecule has 5 N–H and O–H groups in total. The molecule has 0 radical (unpaired) electrons. The molecule has 0 spiro atoms. The first-order valence-corrected chi connectivity index (χ1v) is 40.5. The molecule has 622 valence electrons. The van der Waals surface area contributed by atoms with Crippen LogP contribution in [0.4, 0.5) is 0 Å². The number of phenols is 4. The number of hydrogen-bond acceptors (Lipinski definition) is 27. The van der Waals surface area contributed by atoms with Crippen molar-refractivity contribution in [2.75, 3.05) is 119 Å². The summed E-state index contributed by atoms with van der Waals surface area (Å²) in [6.45, 7) is 26.1. The number of methoxy groups -OCH3 is 1. The predicted molar refractivity (Wildman–Crippen MR) is 450 cm³/mol. The lowest BCUT2D eigenvalue weighted by atomic mass is 9.98. The summed E-state index contributed by atoms with van der Waals surface area (Å²) in [4.78, 5) is 153. The number of aryl methyl sites for hydroxylation is 5. The maximum Gasteiger partial charge on any atom is 0.282 e. The van der Waals surface area contributed by atoms with Gasteiger partial charge in [0.25, 0.3) is 5.91 Å². The molecular weight excluding hydrogens is 1530 g/mol. The third-order valence-corrected chi connectivity index (χ3v) is 23.4. The molecule has 0 saturated carbocycles. The molecular formula is C89H100N8O20S. The number of nitrogens with zero attached hydrogens (tertiary/aromatic N) is 7. The van der Waals surface area contributed by atoms with Crippen molar-refractivity contribution in [2.45, 2.75) is 112 Å². The number of fused-ring (bicyclic) bond motifs is 4. The Morgan fingerprint density at radius 1 is 0.517 bits per heavy atom. The highest BCUT2D eigenvalue weighted by atomic mass is 32.1. The zero-order valence-corrected chi connectivity index (χ0v) is 68.6. The molecule has 4 saturated heterocycles. The van der Waals surface area contributed by atoms with Crippen LogP contribution in [0.2, 0.25) is 0 Å². The Labute approximate surface area is 684 Å². The monoisotopic (exact) mass is 1630 g/mol. The SMILES string of the molecule is C=C(CCc1c(C)oc2c(C=O)c(O)ccc2c1=O)N1CCN(C)CC1.COc1cc2c(=O)c(-c3ccc(C(=O)CCCN4CCCCC4)cc3)c(C)oc2c(C=O)c1O.Cc1nc(C(=O)N2CCN(C)CC2)sc1-c1c(C)oc2c(C=O)c(O)ccc2c1=O.Cc1oc2c(C=O)c(O)ccc2c(=O)c1CCC(=O)NCCN1CCCCC1. The van der Waals surface area contributed by atoms with E-state index in [9.17, 15) is 73.2 Å². The van der Waals surface area contributed by atoms with E-state index in [2.05, 4.69) is 48.4 Å². The van der Waals surface area contributed by atoms with Gasteiger partial charge in [0.2, 0.25) is 16.8 Å². The number of likely N-dealkylation sites (N-methyl/N-ethyl adjacent to an activating group) is 2. The normalized spacial score (nSPS) is 14.8. The van der Waals surface area contributed by atoms with Crippen molar-refractivity contribution in [1.29, 1.82) is 0 Å². The van der Waals surface area contributed by atoms with E-state index in [0.29, 0.717) is 141 Å². The van der Waals surface area contributed by atoms with Gasteiger partial charge in [0.05, 0.1) is 67.0 Å². The molecule has 9 heterocycles. The lowest BCUT2D eigenvalue weighted by Gasteiger charge is -2.35. The highest BCUT2D eigenvalue weighted by Crippen LogP contribution is 2.39. The van der Waals surface area contributed by atoms with Crippen LogP contribution in [0.3, 0.4) is 0 Å². The number of nitrogens with one attached hydrogen (secondary N) is 1. The second kappa shape index (κ2) is 39.5. The van der Waals surface area contributed by atoms with Crippen LogP contribution in [0.15, 0.2) is 116 Å². The number of likely N-dealkylation sites (tertiary alicyclic amines) is 2. The van der Waals surface area contributed by atoms with Gasteiger partial charge in [-0.3, -0.25) is 52.7 Å². The van der Waals surface area contributed by atoms with Gasteiger partial charge in [0.1, 0.15) is 45.9 Å². The third-order valence-electron chi connectivity index (χ3n) is 22.3. The minimum absolute atomic E-state index is 0.0103. The van der Waals surface area contributed by atoms with Gasteiger partial charge in [-0.05, 0) is 181 Å². The summed E-state index contributed by atoms with van der Waals surface area (Å²) in [6, 6.07) is 16.6. The molecule has 10 aromatic rings. The van der Waals surface area contributed by atoms with Crippen LogP contribution >= 0.6 is 11.3 Å². The van der Waals surface area contributed by atoms with Crippen molar-refractivity contribution >= 4 is 98.0 Å². The van der Waals surface area contributed by atoms with Crippen LogP contribution in [0.1, 0.15) is 166 Å². The second-order valence-electron chi connectivity index (χ2n) is 30.1. The maximum atomic E-state index is 13.3. The lowest BCUT2D eigenvalue weighted by molar-refractivity contribution is -0.121. The number of piperidine rings is 2. The van der Waals surface area contributed by atoms with E-state index in [-0.39, 0.29) is 142 Å². The number of aromatic hydroxyl groups is 4. The first kappa shape index (κ1) is 87.1. The Hall–Kier alpha value is -11.8. The fourth-order valence-electron chi connectivity index (χ4n) is 15.3. The zero-order chi connectivity index (χ0) is 84.8. The Kier molecular flexibility index (Phi) is 29.1. The largest absolute Gasteiger partial charge is 0.507 e. The summed E-state index contributed by atoms with van der Waals surface area (Å²) in [6.07, 6.45) is 12.4. The zero-order valence-electron chi connectivity index (χ0n) is 67.8. The van der Waals surface area contributed by atoms with Gasteiger partial charge in [0, 0.05) is 101 Å². The molecule has 0 atom stereocenters. The number of allylic oxidation sites excluding steroid dienone is 1. The van der Waals surface area contributed by atoms with Gasteiger partial charge in [-0.25, -0.2) is 4.98 Å². The van der Waals surface area contributed by atoms with Crippen molar-refractivity contribution in [3.05, 3.63) is 193 Å². The minimum atomic E-state index is -0.372. The third kappa shape index (κ3) is 19.7. The van der Waals surface area contributed by atoms with Gasteiger partial charge in [-0.1, -0.05) is 43.7 Å². The summed E-state index contributed by atoms with van der Waals surface area (Å²) in [7, 11) is 5.47. The molecule has 118 heavy (non-hydrogen) atoms. The van der Waals surface area contributed by atoms with Gasteiger partial charge < -0.3 is 77.5 Å². The van der Waals surface area contributed by atoms with Gasteiger partial charge in [-0.2, -0.15) is 0 Å². The topological polar surface area (TPSA) is 375 Å². The van der Waals surface area contributed by atoms with Crippen LogP contribution in [0, 0.1) is 34.6 Å². The average molecular weight is 1630 g/mol. The Morgan fingerprint density at radius 3 is 1.45 bits per heavy atom. The summed E-state index contributed by atoms with van der Waals surface area (Å²) in [5.41, 5.74) is 3.42. The molecule has 2 amide bonds. The highest BCUT2D eigenvalue weighted by molar-refractivity contribution is 7.17. The number of amides is 2. The fourth-order valence-corrected chi connectivity index (χ4v) is 16.4. The molecule has 4 fully saturated rings. The number of piperazine rings is 2. The van der Waals surface area contributed by atoms with Crippen LogP contribution in [0.5, 0.6) is 28.7 Å². The fraction of sp³-hybridized carbons (Fsp3) is 0.393. The number of hydrogen-bond donors (Lipinski definition) is 5. The highest BCUT2D eigenvalue weighted by Gasteiger charge is 2.29. The standard InChI is InChI=1S/C27H29NO6.C21H21N3O5S.C21H26N2O5.C20H24N2O4/c1-17-24(26(32)20-15-23(33-2)25(31)21(16-29)27(20)34-17)19-10-8-18(9-11-19)22(30)7-6-14-28-12-4-3-5-13-28;1-11-19(30-20(22-11)21(28)24-8-6-23(3)7-9-24)16-12(2)29-18-13(17(16)27)4-5-15(26)14(18)10-25;1-14-15(6-8-19(26)22-9-12-23-10-3-2-4-11-23)20(27)16-5-7-18(25)17(13-24)21(16)28-14;1-13(22-10-8-21(3)9-11-22)4-5-15-14(2)26-20-16(19(15)25)6-7-18(24)17(20)12-23/h8-11,15-16,31H,3-7,12-14H2,1-2H3;4-5,10,26H,6-9H2,1-3H3;5,7,13,25H,2-4,6,8-12H2,1H3,(H,22,26);6-7,12,24H,1,4-5,8-11H2,2-3H3. The first-order chi connectivity index (χ1) is 56.7. The predicted octanol–water partition coefficient (Wildman–Crippen LogP) is 11.7. The average Bonchev–Trinajstić information content (AvgIpc) is 1.01. The molecule has 29 heteroatoms. The van der Waals surface area contributed by atoms with Crippen LogP contribution in [-0.4, -0.2) is 217 Å². The van der Waals surface area contributed by atoms with E-state index < -0.39 is 0 Å². The summed E-state index contributed by atoms with van der Waals surface area (Å²) in [5.74, 6) is 0.256. The van der Waals surface area contributed by atoms with Gasteiger partial charge in [0.15, 0.2) is 80.6 Å². The Balaban J connectivity index is 0.000000155. The van der Waals surface area contributed by atoms with Gasteiger partial charge in [-0.15, -0.1) is 11.3 Å². The van der Waals surface area contributed by atoms with E-state index >= 15 is 0 Å². The summed E-state index contributed by atoms with van der Waals surface area (Å²) < 4.78 is 28.0. The smallest absolute Gasteiger partial charge is 0.282 e. The lowest BCUT2D eigenvalue weighted by Crippen LogP contribution is -2.47. The molecule has 4 aliphatic rings. The van der Waals surface area contributed by atoms with E-state index in [4.69, 9.17) is 22.4 Å². The van der Waals surface area contributed by atoms with Crippen molar-refractivity contribution in [1.82, 2.24) is 39.7 Å². The Bertz CT molecular complexity index is 5720. The number of thiazole rings is 1. The van der Waals surface area contributed by atoms with Crippen molar-refractivity contribution in [3.63, 3.8) is 0 Å². The number of aldehydes is 4. The number of ketones is 1. The number of carbonyl (C=O) groups excluding carboxylic acids is 7. The van der Waals surface area contributed by atoms with Crippen LogP contribution in [-0.2, 0) is 17.6 Å². The van der Waals surface area contributed by atoms with Crippen molar-refractivity contribution in [2.24, 2.45) is 0 Å². The molecule has 14 rings (SSSR count). The number of aromatic nitrogens is 1. The van der Waals surface area contributed by atoms with E-state index in [1.165, 1.54) is 99.4 Å². The quantitative estimate of drug-likeness (QED) is 0.0293. The first-order valence-electron chi connectivity index (χ1n) is 39.6. The minimum Gasteiger partial charge on any atom is -0.507 e. The number of rotatable bonds is 23. The number of ether oxygens (including phenoxy) is 1. The Morgan fingerprint density at radius 2 is 0.958 bits per heavy atom. The van der Waals surface area contributed by atoms with Crippen molar-refractivity contribution < 1.29 is 76.4 Å². The number of carbonyl (C=O) groups is 7. The van der Waals surface area contributed by atoms with Crippen molar-refractivity contribution in [3.8, 4) is 50.3 Å². The summed E-state index contributed by atoms with van der Waals surface area (Å²) in [5, 5.41) is 43.8. The maximum absolute atomic E-state index is 13.3.